The molecule has 1 aromatic rings. The molecule has 0 spiro atoms. The summed E-state index contributed by atoms with van der Waals surface area (Å²) in [4.78, 5) is 11.4. The number of likely N-dealkylation sites (N-methyl/N-ethyl adjacent to an activating group) is 1. The second-order valence-electron chi connectivity index (χ2n) is 4.01. The Balaban J connectivity index is 2.71. The third-order valence-corrected chi connectivity index (χ3v) is 2.77. The van der Waals surface area contributed by atoms with Crippen molar-refractivity contribution >= 4 is 5.91 Å². The Morgan fingerprint density at radius 3 is 2.41 bits per heavy atom. The molecule has 2 N–H and O–H groups in total. The van der Waals surface area contributed by atoms with Crippen LogP contribution in [-0.4, -0.2) is 19.0 Å². The molecule has 0 saturated heterocycles. The fourth-order valence-corrected chi connectivity index (χ4v) is 1.74. The van der Waals surface area contributed by atoms with Gasteiger partial charge in [0, 0.05) is 13.1 Å². The second kappa shape index (κ2) is 6.35. The first-order valence-electron chi connectivity index (χ1n) is 5.81. The monoisotopic (exact) mass is 238 g/mol. The standard InChI is InChI=1S/C13H19FN2O/c1-4-12(16-9(2)13(17)15-3)10-5-7-11(14)8-6-10/h5-9,12,16H,4H2,1-3H3,(H,15,17). The largest absolute Gasteiger partial charge is 0.358 e. The van der Waals surface area contributed by atoms with Crippen molar-refractivity contribution in [2.24, 2.45) is 0 Å². The number of hydrogen-bond donors (Lipinski definition) is 2. The van der Waals surface area contributed by atoms with Gasteiger partial charge in [-0.05, 0) is 31.0 Å². The molecule has 0 aromatic heterocycles. The number of halogens is 1. The van der Waals surface area contributed by atoms with Crippen LogP contribution in [0.2, 0.25) is 0 Å². The number of nitrogens with one attached hydrogen (secondary N) is 2. The van der Waals surface area contributed by atoms with Gasteiger partial charge in [0.15, 0.2) is 0 Å². The molecule has 1 rings (SSSR count). The molecule has 2 atom stereocenters. The van der Waals surface area contributed by atoms with E-state index < -0.39 is 0 Å². The van der Waals surface area contributed by atoms with E-state index >= 15 is 0 Å². The molecule has 0 heterocycles. The van der Waals surface area contributed by atoms with Gasteiger partial charge in [-0.1, -0.05) is 19.1 Å². The summed E-state index contributed by atoms with van der Waals surface area (Å²) in [6, 6.07) is 6.15. The van der Waals surface area contributed by atoms with Gasteiger partial charge in [-0.2, -0.15) is 0 Å². The van der Waals surface area contributed by atoms with E-state index in [1.807, 2.05) is 13.8 Å². The van der Waals surface area contributed by atoms with Crippen LogP contribution < -0.4 is 10.6 Å². The van der Waals surface area contributed by atoms with E-state index in [1.54, 1.807) is 19.2 Å². The normalized spacial score (nSPS) is 14.1. The van der Waals surface area contributed by atoms with Crippen LogP contribution in [0.15, 0.2) is 24.3 Å². The summed E-state index contributed by atoms with van der Waals surface area (Å²) in [5.74, 6) is -0.298. The van der Waals surface area contributed by atoms with E-state index in [0.717, 1.165) is 12.0 Å². The number of rotatable bonds is 5. The summed E-state index contributed by atoms with van der Waals surface area (Å²) in [6.45, 7) is 3.84. The molecule has 1 aromatic carbocycles. The van der Waals surface area contributed by atoms with Gasteiger partial charge in [0.05, 0.1) is 6.04 Å². The van der Waals surface area contributed by atoms with E-state index in [0.29, 0.717) is 0 Å². The van der Waals surface area contributed by atoms with Gasteiger partial charge in [-0.3, -0.25) is 10.1 Å². The molecule has 2 unspecified atom stereocenters. The van der Waals surface area contributed by atoms with Crippen molar-refractivity contribution in [3.8, 4) is 0 Å². The Hall–Kier alpha value is -1.42. The van der Waals surface area contributed by atoms with Crippen LogP contribution >= 0.6 is 0 Å². The average molecular weight is 238 g/mol. The fourth-order valence-electron chi connectivity index (χ4n) is 1.74. The number of benzene rings is 1. The van der Waals surface area contributed by atoms with Crippen molar-refractivity contribution in [1.29, 1.82) is 0 Å². The fraction of sp³-hybridized carbons (Fsp3) is 0.462. The molecule has 0 aliphatic rings. The SMILES string of the molecule is CCC(NC(C)C(=O)NC)c1ccc(F)cc1. The molecule has 17 heavy (non-hydrogen) atoms. The number of hydrogen-bond acceptors (Lipinski definition) is 2. The van der Waals surface area contributed by atoms with Gasteiger partial charge in [-0.25, -0.2) is 4.39 Å². The van der Waals surface area contributed by atoms with E-state index in [4.69, 9.17) is 0 Å². The van der Waals surface area contributed by atoms with Gasteiger partial charge in [-0.15, -0.1) is 0 Å². The third kappa shape index (κ3) is 3.82. The summed E-state index contributed by atoms with van der Waals surface area (Å²) < 4.78 is 12.8. The predicted octanol–water partition coefficient (Wildman–Crippen LogP) is 2.00. The molecule has 94 valence electrons. The van der Waals surface area contributed by atoms with E-state index in [-0.39, 0.29) is 23.8 Å². The minimum Gasteiger partial charge on any atom is -0.358 e. The molecule has 0 bridgehead atoms. The number of carbonyl (C=O) groups excluding carboxylic acids is 1. The van der Waals surface area contributed by atoms with E-state index in [2.05, 4.69) is 10.6 Å². The van der Waals surface area contributed by atoms with Gasteiger partial charge >= 0.3 is 0 Å². The highest BCUT2D eigenvalue weighted by molar-refractivity contribution is 5.80. The van der Waals surface area contributed by atoms with Crippen molar-refractivity contribution < 1.29 is 9.18 Å². The molecular weight excluding hydrogens is 219 g/mol. The molecule has 4 heteroatoms. The lowest BCUT2D eigenvalue weighted by Crippen LogP contribution is -2.42. The van der Waals surface area contributed by atoms with Crippen molar-refractivity contribution in [3.63, 3.8) is 0 Å². The lowest BCUT2D eigenvalue weighted by Gasteiger charge is -2.21. The van der Waals surface area contributed by atoms with Crippen LogP contribution in [-0.2, 0) is 4.79 Å². The number of amides is 1. The van der Waals surface area contributed by atoms with Crippen LogP contribution in [0.1, 0.15) is 31.9 Å². The van der Waals surface area contributed by atoms with Gasteiger partial charge in [0.25, 0.3) is 0 Å². The predicted molar refractivity (Wildman–Crippen MR) is 66.1 cm³/mol. The second-order valence-corrected chi connectivity index (χ2v) is 4.01. The smallest absolute Gasteiger partial charge is 0.236 e. The lowest BCUT2D eigenvalue weighted by molar-refractivity contribution is -0.122. The maximum absolute atomic E-state index is 12.8. The van der Waals surface area contributed by atoms with E-state index in [1.165, 1.54) is 12.1 Å². The Kier molecular flexibility index (Phi) is 5.10. The molecule has 3 nitrogen and oxygen atoms in total. The maximum atomic E-state index is 12.8. The highest BCUT2D eigenvalue weighted by Crippen LogP contribution is 2.17. The Bertz CT molecular complexity index is 364. The van der Waals surface area contributed by atoms with Crippen molar-refractivity contribution in [3.05, 3.63) is 35.6 Å². The Morgan fingerprint density at radius 1 is 1.35 bits per heavy atom. The summed E-state index contributed by atoms with van der Waals surface area (Å²) in [7, 11) is 1.61. The minimum absolute atomic E-state index is 0.0504. The highest BCUT2D eigenvalue weighted by Gasteiger charge is 2.16. The maximum Gasteiger partial charge on any atom is 0.236 e. The van der Waals surface area contributed by atoms with Crippen LogP contribution in [0.3, 0.4) is 0 Å². The molecular formula is C13H19FN2O. The molecule has 0 aliphatic heterocycles. The summed E-state index contributed by atoms with van der Waals surface area (Å²) >= 11 is 0. The van der Waals surface area contributed by atoms with Crippen LogP contribution in [0, 0.1) is 5.82 Å². The summed E-state index contributed by atoms with van der Waals surface area (Å²) in [6.07, 6.45) is 0.840. The molecule has 1 amide bonds. The Morgan fingerprint density at radius 2 is 1.94 bits per heavy atom. The summed E-state index contributed by atoms with van der Waals surface area (Å²) in [5, 5.41) is 5.81. The molecule has 0 fully saturated rings. The zero-order valence-electron chi connectivity index (χ0n) is 10.5. The molecule has 0 saturated carbocycles. The zero-order valence-corrected chi connectivity index (χ0v) is 10.5. The van der Waals surface area contributed by atoms with Crippen LogP contribution in [0.25, 0.3) is 0 Å². The van der Waals surface area contributed by atoms with Crippen molar-refractivity contribution in [1.82, 2.24) is 10.6 Å². The Labute approximate surface area is 101 Å². The first-order valence-corrected chi connectivity index (χ1v) is 5.81. The number of carbonyl (C=O) groups is 1. The first-order chi connectivity index (χ1) is 8.08. The van der Waals surface area contributed by atoms with Gasteiger partial charge in [0.2, 0.25) is 5.91 Å². The van der Waals surface area contributed by atoms with Crippen LogP contribution in [0.4, 0.5) is 4.39 Å². The molecule has 0 radical (unpaired) electrons. The topological polar surface area (TPSA) is 41.1 Å². The summed E-state index contributed by atoms with van der Waals surface area (Å²) in [5.41, 5.74) is 0.990. The zero-order chi connectivity index (χ0) is 12.8. The highest BCUT2D eigenvalue weighted by atomic mass is 19.1. The van der Waals surface area contributed by atoms with Crippen LogP contribution in [0.5, 0.6) is 0 Å². The van der Waals surface area contributed by atoms with E-state index in [9.17, 15) is 9.18 Å². The van der Waals surface area contributed by atoms with Crippen molar-refractivity contribution in [2.45, 2.75) is 32.4 Å². The third-order valence-electron chi connectivity index (χ3n) is 2.77. The first kappa shape index (κ1) is 13.6. The lowest BCUT2D eigenvalue weighted by atomic mass is 10.0. The van der Waals surface area contributed by atoms with Gasteiger partial charge < -0.3 is 5.32 Å². The quantitative estimate of drug-likeness (QED) is 0.823. The average Bonchev–Trinajstić information content (AvgIpc) is 2.35. The molecule has 0 aliphatic carbocycles. The minimum atomic E-state index is -0.269. The van der Waals surface area contributed by atoms with Gasteiger partial charge in [0.1, 0.15) is 5.82 Å². The van der Waals surface area contributed by atoms with Crippen molar-refractivity contribution in [2.75, 3.05) is 7.05 Å².